The molecular weight excluding hydrogens is 267 g/mol. The molecule has 2 rings (SSSR count). The molecule has 0 saturated carbocycles. The Kier molecular flexibility index (Phi) is 9.71. The van der Waals surface area contributed by atoms with Crippen LogP contribution < -0.4 is 0 Å². The molecule has 0 radical (unpaired) electrons. The fourth-order valence-electron chi connectivity index (χ4n) is 1.26. The summed E-state index contributed by atoms with van der Waals surface area (Å²) in [5.41, 5.74) is 2.55. The van der Waals surface area contributed by atoms with Gasteiger partial charge in [0.05, 0.1) is 7.14 Å². The number of aliphatic hydroxyl groups is 1. The maximum Gasteiger partial charge on any atom is 0.0790 e. The minimum absolute atomic E-state index is 0.250. The van der Waals surface area contributed by atoms with E-state index >= 15 is 0 Å². The summed E-state index contributed by atoms with van der Waals surface area (Å²) in [5, 5.41) is 7.57. The summed E-state index contributed by atoms with van der Waals surface area (Å²) in [6.07, 6.45) is 0. The first-order valence-corrected chi connectivity index (χ1v) is 9.67. The van der Waals surface area contributed by atoms with Gasteiger partial charge in [-0.2, -0.15) is 0 Å². The Balaban J connectivity index is 0.000000382. The molecule has 0 amide bonds. The van der Waals surface area contributed by atoms with Gasteiger partial charge < -0.3 is 9.67 Å². The van der Waals surface area contributed by atoms with Gasteiger partial charge in [0.15, 0.2) is 0 Å². The van der Waals surface area contributed by atoms with E-state index in [1.165, 1.54) is 11.1 Å². The van der Waals surface area contributed by atoms with Gasteiger partial charge in [-0.1, -0.05) is 60.7 Å². The highest BCUT2D eigenvalue weighted by Crippen LogP contribution is 2.28. The maximum atomic E-state index is 10.2. The minimum Gasteiger partial charge on any atom is -0.397 e. The molecule has 0 saturated heterocycles. The molecule has 1 N–H and O–H groups in total. The van der Waals surface area contributed by atoms with Crippen molar-refractivity contribution >= 4 is 7.14 Å². The van der Waals surface area contributed by atoms with E-state index in [9.17, 15) is 4.57 Å². The summed E-state index contributed by atoms with van der Waals surface area (Å²) < 4.78 is 10.2. The summed E-state index contributed by atoms with van der Waals surface area (Å²) in [6, 6.07) is 20.8. The highest BCUT2D eigenvalue weighted by atomic mass is 31.2. The molecule has 20 heavy (non-hydrogen) atoms. The Hall–Kier alpha value is -1.37. The molecule has 0 aliphatic rings. The van der Waals surface area contributed by atoms with Crippen LogP contribution in [0.4, 0.5) is 0 Å². The van der Waals surface area contributed by atoms with Crippen LogP contribution in [0.1, 0.15) is 6.92 Å². The Morgan fingerprint density at radius 2 is 1.00 bits per heavy atom. The van der Waals surface area contributed by atoms with Gasteiger partial charge in [0.1, 0.15) is 0 Å². The molecular formula is C17H25O2P. The van der Waals surface area contributed by atoms with Crippen LogP contribution in [0.15, 0.2) is 60.7 Å². The Morgan fingerprint density at radius 3 is 1.20 bits per heavy atom. The largest absolute Gasteiger partial charge is 0.397 e. The zero-order valence-electron chi connectivity index (χ0n) is 12.8. The molecule has 2 aromatic rings. The smallest absolute Gasteiger partial charge is 0.0790 e. The van der Waals surface area contributed by atoms with Crippen LogP contribution in [-0.4, -0.2) is 31.7 Å². The number of aliphatic hydroxyl groups excluding tert-OH is 1. The molecule has 2 aromatic carbocycles. The van der Waals surface area contributed by atoms with Gasteiger partial charge in [-0.3, -0.25) is 0 Å². The first-order chi connectivity index (χ1) is 9.38. The average molecular weight is 292 g/mol. The standard InChI is InChI=1S/C12H10.C3H9OP.C2H6O/c1-3-7-11(8-4-1)12-9-5-2-6-10-12;1-5(2,3)4;1-2-3/h1-10H;1-3H3;3H,2H2,1H3. The van der Waals surface area contributed by atoms with E-state index in [0.29, 0.717) is 0 Å². The lowest BCUT2D eigenvalue weighted by atomic mass is 10.1. The van der Waals surface area contributed by atoms with Crippen LogP contribution in [0.25, 0.3) is 11.1 Å². The van der Waals surface area contributed by atoms with Crippen molar-refractivity contribution in [2.45, 2.75) is 6.92 Å². The normalized spacial score (nSPS) is 9.65. The molecule has 0 bridgehead atoms. The zero-order chi connectivity index (χ0) is 15.4. The third-order valence-corrected chi connectivity index (χ3v) is 1.88. The van der Waals surface area contributed by atoms with Gasteiger partial charge in [0.2, 0.25) is 0 Å². The van der Waals surface area contributed by atoms with Crippen molar-refractivity contribution in [2.24, 2.45) is 0 Å². The Morgan fingerprint density at radius 1 is 0.800 bits per heavy atom. The van der Waals surface area contributed by atoms with E-state index in [-0.39, 0.29) is 6.61 Å². The maximum absolute atomic E-state index is 10.2. The van der Waals surface area contributed by atoms with E-state index in [2.05, 4.69) is 48.5 Å². The third-order valence-electron chi connectivity index (χ3n) is 1.88. The third kappa shape index (κ3) is 11.7. The van der Waals surface area contributed by atoms with Gasteiger partial charge >= 0.3 is 0 Å². The lowest BCUT2D eigenvalue weighted by Crippen LogP contribution is -1.73. The first-order valence-electron chi connectivity index (χ1n) is 6.62. The van der Waals surface area contributed by atoms with Crippen LogP contribution >= 0.6 is 7.14 Å². The van der Waals surface area contributed by atoms with Crippen molar-refractivity contribution in [3.05, 3.63) is 60.7 Å². The van der Waals surface area contributed by atoms with Crippen molar-refractivity contribution in [3.8, 4) is 11.1 Å². The monoisotopic (exact) mass is 292 g/mol. The zero-order valence-corrected chi connectivity index (χ0v) is 13.7. The molecule has 0 spiro atoms. The van der Waals surface area contributed by atoms with Gasteiger partial charge in [-0.05, 0) is 38.0 Å². The van der Waals surface area contributed by atoms with Crippen LogP contribution in [-0.2, 0) is 4.57 Å². The second kappa shape index (κ2) is 10.4. The number of rotatable bonds is 1. The second-order valence-corrected chi connectivity index (χ2v) is 8.72. The van der Waals surface area contributed by atoms with Crippen LogP contribution in [0, 0.1) is 0 Å². The fraction of sp³-hybridized carbons (Fsp3) is 0.294. The van der Waals surface area contributed by atoms with Crippen molar-refractivity contribution in [1.29, 1.82) is 0 Å². The molecule has 110 valence electrons. The van der Waals surface area contributed by atoms with Crippen molar-refractivity contribution < 1.29 is 9.67 Å². The lowest BCUT2D eigenvalue weighted by Gasteiger charge is -1.98. The summed E-state index contributed by atoms with van der Waals surface area (Å²) in [7, 11) is -1.64. The predicted octanol–water partition coefficient (Wildman–Crippen LogP) is 4.59. The average Bonchev–Trinajstić information content (AvgIpc) is 2.40. The fourth-order valence-corrected chi connectivity index (χ4v) is 1.26. The van der Waals surface area contributed by atoms with Crippen molar-refractivity contribution in [2.75, 3.05) is 26.6 Å². The number of hydrogen-bond donors (Lipinski definition) is 1. The van der Waals surface area contributed by atoms with Crippen molar-refractivity contribution in [3.63, 3.8) is 0 Å². The molecule has 0 unspecified atom stereocenters. The molecule has 0 fully saturated rings. The SMILES string of the molecule is CCO.CP(C)(C)=O.c1ccc(-c2ccccc2)cc1. The van der Waals surface area contributed by atoms with Gasteiger partial charge in [0.25, 0.3) is 0 Å². The lowest BCUT2D eigenvalue weighted by molar-refractivity contribution is 0.318. The molecule has 0 aliphatic carbocycles. The molecule has 0 atom stereocenters. The molecule has 3 heteroatoms. The van der Waals surface area contributed by atoms with Gasteiger partial charge in [-0.25, -0.2) is 0 Å². The van der Waals surface area contributed by atoms with Gasteiger partial charge in [0, 0.05) is 6.61 Å². The summed E-state index contributed by atoms with van der Waals surface area (Å²) in [4.78, 5) is 0. The highest BCUT2D eigenvalue weighted by molar-refractivity contribution is 7.61. The molecule has 2 nitrogen and oxygen atoms in total. The summed E-state index contributed by atoms with van der Waals surface area (Å²) in [6.45, 7) is 7.16. The van der Waals surface area contributed by atoms with Crippen LogP contribution in [0.2, 0.25) is 0 Å². The van der Waals surface area contributed by atoms with Crippen molar-refractivity contribution in [1.82, 2.24) is 0 Å². The summed E-state index contributed by atoms with van der Waals surface area (Å²) in [5.74, 6) is 0. The molecule has 0 aromatic heterocycles. The van der Waals surface area contributed by atoms with Crippen LogP contribution in [0.3, 0.4) is 0 Å². The summed E-state index contributed by atoms with van der Waals surface area (Å²) >= 11 is 0. The number of hydrogen-bond acceptors (Lipinski definition) is 2. The van der Waals surface area contributed by atoms with Crippen LogP contribution in [0.5, 0.6) is 0 Å². The number of benzene rings is 2. The molecule has 0 aliphatic heterocycles. The Bertz CT molecular complexity index is 443. The van der Waals surface area contributed by atoms with Gasteiger partial charge in [-0.15, -0.1) is 0 Å². The predicted molar refractivity (Wildman–Crippen MR) is 90.0 cm³/mol. The van der Waals surface area contributed by atoms with E-state index < -0.39 is 7.14 Å². The van der Waals surface area contributed by atoms with E-state index in [0.717, 1.165) is 0 Å². The topological polar surface area (TPSA) is 37.3 Å². The van der Waals surface area contributed by atoms with E-state index in [1.807, 2.05) is 12.1 Å². The second-order valence-electron chi connectivity index (χ2n) is 4.94. The highest BCUT2D eigenvalue weighted by Gasteiger charge is 1.91. The Labute approximate surface area is 122 Å². The van der Waals surface area contributed by atoms with E-state index in [4.69, 9.17) is 5.11 Å². The minimum atomic E-state index is -1.64. The quantitative estimate of drug-likeness (QED) is 0.780. The van der Waals surface area contributed by atoms with E-state index in [1.54, 1.807) is 26.9 Å². The molecule has 0 heterocycles. The first kappa shape index (κ1) is 18.6.